The third-order valence-corrected chi connectivity index (χ3v) is 6.71. The summed E-state index contributed by atoms with van der Waals surface area (Å²) in [5.41, 5.74) is 3.32. The highest BCUT2D eigenvalue weighted by atomic mass is 16.5. The van der Waals surface area contributed by atoms with Gasteiger partial charge in [-0.05, 0) is 66.6 Å². The van der Waals surface area contributed by atoms with E-state index >= 15 is 0 Å². The Labute approximate surface area is 231 Å². The van der Waals surface area contributed by atoms with Crippen LogP contribution in [-0.2, 0) is 27.5 Å². The Bertz CT molecular complexity index is 1570. The van der Waals surface area contributed by atoms with Gasteiger partial charge in [0.1, 0.15) is 23.9 Å². The number of hydrogen-bond donors (Lipinski definition) is 1. The van der Waals surface area contributed by atoms with Crippen molar-refractivity contribution < 1.29 is 33.4 Å². The number of amides is 1. The maximum Gasteiger partial charge on any atom is 0.337 e. The lowest BCUT2D eigenvalue weighted by molar-refractivity contribution is -0.140. The van der Waals surface area contributed by atoms with Gasteiger partial charge in [0, 0.05) is 5.56 Å². The van der Waals surface area contributed by atoms with Gasteiger partial charge < -0.3 is 23.9 Å². The number of furan rings is 1. The minimum Gasteiger partial charge on any atom is -0.507 e. The minimum absolute atomic E-state index is 0.0174. The maximum atomic E-state index is 13.3. The molecule has 0 bridgehead atoms. The number of aryl methyl sites for hydroxylation is 1. The topological polar surface area (TPSA) is 106 Å². The molecule has 1 fully saturated rings. The van der Waals surface area contributed by atoms with Crippen LogP contribution in [0.5, 0.6) is 5.75 Å². The molecule has 8 heteroatoms. The van der Waals surface area contributed by atoms with Crippen LogP contribution in [0.4, 0.5) is 0 Å². The van der Waals surface area contributed by atoms with Gasteiger partial charge in [0.2, 0.25) is 0 Å². The fraction of sp³-hybridized carbons (Fsp3) is 0.156. The van der Waals surface area contributed by atoms with Gasteiger partial charge in [-0.2, -0.15) is 0 Å². The summed E-state index contributed by atoms with van der Waals surface area (Å²) in [5, 5.41) is 11.3. The monoisotopic (exact) mass is 537 g/mol. The first kappa shape index (κ1) is 26.5. The third-order valence-electron chi connectivity index (χ3n) is 6.71. The Balaban J connectivity index is 1.47. The summed E-state index contributed by atoms with van der Waals surface area (Å²) in [6.07, 6.45) is 1.48. The average molecular weight is 538 g/mol. The Hall–Kier alpha value is -5.11. The van der Waals surface area contributed by atoms with Crippen molar-refractivity contribution in [1.82, 2.24) is 4.90 Å². The van der Waals surface area contributed by atoms with Crippen LogP contribution in [0.1, 0.15) is 44.4 Å². The molecule has 1 aliphatic heterocycles. The zero-order valence-corrected chi connectivity index (χ0v) is 22.0. The number of aliphatic hydroxyl groups is 1. The number of likely N-dealkylation sites (tertiary alicyclic amines) is 1. The summed E-state index contributed by atoms with van der Waals surface area (Å²) in [7, 11) is 1.29. The first-order valence-electron chi connectivity index (χ1n) is 12.6. The van der Waals surface area contributed by atoms with Crippen LogP contribution in [0.2, 0.25) is 0 Å². The fourth-order valence-electron chi connectivity index (χ4n) is 4.71. The van der Waals surface area contributed by atoms with Gasteiger partial charge in [0.25, 0.3) is 11.7 Å². The Morgan fingerprint density at radius 3 is 2.33 bits per heavy atom. The van der Waals surface area contributed by atoms with Crippen molar-refractivity contribution in [2.24, 2.45) is 0 Å². The van der Waals surface area contributed by atoms with Crippen molar-refractivity contribution in [3.8, 4) is 5.75 Å². The number of aliphatic hydroxyl groups excluding tert-OH is 1. The molecule has 0 radical (unpaired) electrons. The Morgan fingerprint density at radius 2 is 1.68 bits per heavy atom. The molecule has 1 amide bonds. The van der Waals surface area contributed by atoms with E-state index in [9.17, 15) is 19.5 Å². The van der Waals surface area contributed by atoms with E-state index < -0.39 is 23.7 Å². The molecule has 4 aromatic rings. The zero-order valence-electron chi connectivity index (χ0n) is 22.0. The van der Waals surface area contributed by atoms with Gasteiger partial charge in [0.15, 0.2) is 0 Å². The summed E-state index contributed by atoms with van der Waals surface area (Å²) in [5.74, 6) is -1.34. The largest absolute Gasteiger partial charge is 0.507 e. The number of nitrogens with zero attached hydrogens (tertiary/aromatic N) is 1. The molecule has 3 aromatic carbocycles. The molecule has 1 aromatic heterocycles. The lowest BCUT2D eigenvalue weighted by atomic mass is 9.94. The lowest BCUT2D eigenvalue weighted by Gasteiger charge is -2.24. The van der Waals surface area contributed by atoms with Crippen LogP contribution in [-0.4, -0.2) is 34.8 Å². The van der Waals surface area contributed by atoms with Crippen molar-refractivity contribution in [2.75, 3.05) is 7.11 Å². The molecular formula is C32H27NO7. The number of benzene rings is 3. The molecule has 1 aliphatic rings. The first-order valence-corrected chi connectivity index (χ1v) is 12.6. The Morgan fingerprint density at radius 1 is 0.950 bits per heavy atom. The highest BCUT2D eigenvalue weighted by molar-refractivity contribution is 6.46. The van der Waals surface area contributed by atoms with Crippen LogP contribution < -0.4 is 4.74 Å². The molecule has 202 valence electrons. The van der Waals surface area contributed by atoms with Gasteiger partial charge in [0.05, 0.1) is 37.1 Å². The predicted octanol–water partition coefficient (Wildman–Crippen LogP) is 5.58. The summed E-state index contributed by atoms with van der Waals surface area (Å²) in [6, 6.07) is 23.5. The number of rotatable bonds is 8. The molecule has 0 saturated carbocycles. The summed E-state index contributed by atoms with van der Waals surface area (Å²) in [4.78, 5) is 39.7. The van der Waals surface area contributed by atoms with Gasteiger partial charge >= 0.3 is 5.97 Å². The SMILES string of the molecule is COC(=O)c1ccc([C@H]2C(=C(O)c3ccc(OCc4cccc(C)c4)cc3)C(=O)C(=O)N2Cc2ccco2)cc1. The van der Waals surface area contributed by atoms with E-state index in [0.29, 0.717) is 34.8 Å². The second-order valence-electron chi connectivity index (χ2n) is 9.42. The second-order valence-corrected chi connectivity index (χ2v) is 9.42. The van der Waals surface area contributed by atoms with Crippen LogP contribution in [0, 0.1) is 6.92 Å². The smallest absolute Gasteiger partial charge is 0.337 e. The number of hydrogen-bond acceptors (Lipinski definition) is 7. The fourth-order valence-corrected chi connectivity index (χ4v) is 4.71. The lowest BCUT2D eigenvalue weighted by Crippen LogP contribution is -2.29. The third kappa shape index (κ3) is 5.37. The quantitative estimate of drug-likeness (QED) is 0.135. The average Bonchev–Trinajstić information content (AvgIpc) is 3.58. The molecule has 5 rings (SSSR count). The van der Waals surface area contributed by atoms with Gasteiger partial charge in [-0.3, -0.25) is 9.59 Å². The Kier molecular flexibility index (Phi) is 7.50. The van der Waals surface area contributed by atoms with Gasteiger partial charge in [-0.1, -0.05) is 42.0 Å². The van der Waals surface area contributed by atoms with E-state index in [4.69, 9.17) is 13.9 Å². The molecule has 1 atom stereocenters. The number of methoxy groups -OCH3 is 1. The highest BCUT2D eigenvalue weighted by Gasteiger charge is 2.46. The number of carbonyl (C=O) groups is 3. The second kappa shape index (κ2) is 11.3. The number of carbonyl (C=O) groups excluding carboxylic acids is 3. The van der Waals surface area contributed by atoms with Crippen molar-refractivity contribution in [3.05, 3.63) is 130 Å². The highest BCUT2D eigenvalue weighted by Crippen LogP contribution is 2.40. The molecule has 8 nitrogen and oxygen atoms in total. The predicted molar refractivity (Wildman–Crippen MR) is 146 cm³/mol. The molecule has 0 spiro atoms. The van der Waals surface area contributed by atoms with E-state index in [1.54, 1.807) is 60.7 Å². The minimum atomic E-state index is -0.908. The van der Waals surface area contributed by atoms with Gasteiger partial charge in [-0.15, -0.1) is 0 Å². The van der Waals surface area contributed by atoms with E-state index in [2.05, 4.69) is 0 Å². The van der Waals surface area contributed by atoms with Crippen LogP contribution in [0.15, 0.2) is 101 Å². The standard InChI is InChI=1S/C32H27NO7/c1-20-5-3-6-21(17-20)19-40-25-14-12-23(13-15-25)29(34)27-28(22-8-10-24(11-9-22)32(37)38-2)33(31(36)30(27)35)18-26-7-4-16-39-26/h3-17,28,34H,18-19H2,1-2H3/t28-/m0/s1. The van der Waals surface area contributed by atoms with Crippen LogP contribution in [0.25, 0.3) is 5.76 Å². The van der Waals surface area contributed by atoms with Crippen molar-refractivity contribution in [1.29, 1.82) is 0 Å². The normalized spacial score (nSPS) is 16.2. The number of ether oxygens (including phenoxy) is 2. The van der Waals surface area contributed by atoms with Crippen LogP contribution >= 0.6 is 0 Å². The number of ketones is 1. The molecule has 0 unspecified atom stereocenters. The van der Waals surface area contributed by atoms with E-state index in [1.165, 1.54) is 18.3 Å². The molecule has 1 saturated heterocycles. The molecular weight excluding hydrogens is 510 g/mol. The molecule has 1 N–H and O–H groups in total. The first-order chi connectivity index (χ1) is 19.4. The molecule has 2 heterocycles. The van der Waals surface area contributed by atoms with E-state index in [-0.39, 0.29) is 17.9 Å². The molecule has 0 aliphatic carbocycles. The van der Waals surface area contributed by atoms with Crippen molar-refractivity contribution >= 4 is 23.4 Å². The number of esters is 1. The van der Waals surface area contributed by atoms with E-state index in [1.807, 2.05) is 31.2 Å². The van der Waals surface area contributed by atoms with Gasteiger partial charge in [-0.25, -0.2) is 4.79 Å². The maximum absolute atomic E-state index is 13.3. The summed E-state index contributed by atoms with van der Waals surface area (Å²) >= 11 is 0. The van der Waals surface area contributed by atoms with Crippen molar-refractivity contribution in [2.45, 2.75) is 26.1 Å². The summed E-state index contributed by atoms with van der Waals surface area (Å²) < 4.78 is 16.1. The molecule has 40 heavy (non-hydrogen) atoms. The van der Waals surface area contributed by atoms with Crippen molar-refractivity contribution in [3.63, 3.8) is 0 Å². The number of Topliss-reactive ketones (excluding diaryl/α,β-unsaturated/α-hetero) is 1. The van der Waals surface area contributed by atoms with E-state index in [0.717, 1.165) is 11.1 Å². The summed E-state index contributed by atoms with van der Waals surface area (Å²) in [6.45, 7) is 2.41. The van der Waals surface area contributed by atoms with Crippen LogP contribution in [0.3, 0.4) is 0 Å². The zero-order chi connectivity index (χ0) is 28.2.